The number of carbonyl (C=O) groups is 1. The molecule has 27 heavy (non-hydrogen) atoms. The minimum Gasteiger partial charge on any atom is -0.454 e. The summed E-state index contributed by atoms with van der Waals surface area (Å²) >= 11 is 0. The molecule has 8 nitrogen and oxygen atoms in total. The highest BCUT2D eigenvalue weighted by Gasteiger charge is 2.38. The van der Waals surface area contributed by atoms with E-state index in [9.17, 15) is 4.79 Å². The van der Waals surface area contributed by atoms with Crippen LogP contribution in [0, 0.1) is 6.92 Å². The van der Waals surface area contributed by atoms with Crippen LogP contribution in [0.2, 0.25) is 0 Å². The summed E-state index contributed by atoms with van der Waals surface area (Å²) in [6.45, 7) is 2.67. The molecule has 1 aliphatic carbocycles. The van der Waals surface area contributed by atoms with Crippen molar-refractivity contribution in [2.24, 2.45) is 0 Å². The molecule has 0 atom stereocenters. The lowest BCUT2D eigenvalue weighted by molar-refractivity contribution is -0.120. The van der Waals surface area contributed by atoms with Crippen LogP contribution in [0.4, 0.5) is 0 Å². The summed E-state index contributed by atoms with van der Waals surface area (Å²) in [5.74, 6) is 2.58. The zero-order chi connectivity index (χ0) is 18.7. The van der Waals surface area contributed by atoms with E-state index in [1.807, 2.05) is 18.2 Å². The summed E-state index contributed by atoms with van der Waals surface area (Å²) < 4.78 is 15.8. The minimum atomic E-state index is -0.383. The molecule has 2 heterocycles. The highest BCUT2D eigenvalue weighted by Crippen LogP contribution is 2.35. The summed E-state index contributed by atoms with van der Waals surface area (Å²) in [4.78, 5) is 16.8. The summed E-state index contributed by atoms with van der Waals surface area (Å²) in [7, 11) is 0. The second-order valence-electron chi connectivity index (χ2n) is 7.10. The zero-order valence-corrected chi connectivity index (χ0v) is 15.4. The van der Waals surface area contributed by atoms with Crippen LogP contribution in [0.1, 0.15) is 49.4 Å². The van der Waals surface area contributed by atoms with Gasteiger partial charge in [0, 0.05) is 13.5 Å². The highest BCUT2D eigenvalue weighted by atomic mass is 16.7. The van der Waals surface area contributed by atoms with Crippen LogP contribution in [-0.4, -0.2) is 29.4 Å². The van der Waals surface area contributed by atoms with E-state index in [-0.39, 0.29) is 24.8 Å². The first kappa shape index (κ1) is 17.8. The molecular weight excluding hydrogens is 348 g/mol. The summed E-state index contributed by atoms with van der Waals surface area (Å²) in [6.07, 6.45) is 5.16. The van der Waals surface area contributed by atoms with E-state index in [4.69, 9.17) is 14.0 Å². The van der Waals surface area contributed by atoms with Crippen LogP contribution in [0.5, 0.6) is 11.5 Å². The highest BCUT2D eigenvalue weighted by molar-refractivity contribution is 5.78. The van der Waals surface area contributed by atoms with Crippen molar-refractivity contribution in [3.63, 3.8) is 0 Å². The Morgan fingerprint density at radius 2 is 2.00 bits per heavy atom. The summed E-state index contributed by atoms with van der Waals surface area (Å²) in [6, 6.07) is 5.67. The van der Waals surface area contributed by atoms with Crippen molar-refractivity contribution in [1.82, 2.24) is 20.8 Å². The van der Waals surface area contributed by atoms with Gasteiger partial charge in [0.25, 0.3) is 0 Å². The maximum atomic E-state index is 12.4. The van der Waals surface area contributed by atoms with Gasteiger partial charge in [-0.3, -0.25) is 10.1 Å². The number of fused-ring (bicyclic) bond motifs is 1. The van der Waals surface area contributed by atoms with Gasteiger partial charge in [-0.2, -0.15) is 4.98 Å². The maximum absolute atomic E-state index is 12.4. The lowest BCUT2D eigenvalue weighted by Gasteiger charge is -2.35. The van der Waals surface area contributed by atoms with Gasteiger partial charge >= 0.3 is 0 Å². The second kappa shape index (κ2) is 7.56. The van der Waals surface area contributed by atoms with Crippen LogP contribution in [-0.2, 0) is 16.9 Å². The molecule has 2 N–H and O–H groups in total. The molecule has 0 unspecified atom stereocenters. The van der Waals surface area contributed by atoms with E-state index in [1.165, 1.54) is 6.42 Å². The fourth-order valence-electron chi connectivity index (χ4n) is 3.69. The number of benzene rings is 1. The smallest absolute Gasteiger partial charge is 0.234 e. The fourth-order valence-corrected chi connectivity index (χ4v) is 3.69. The summed E-state index contributed by atoms with van der Waals surface area (Å²) in [5.41, 5.74) is 0.584. The molecule has 1 aromatic carbocycles. The molecule has 1 amide bonds. The van der Waals surface area contributed by atoms with Gasteiger partial charge < -0.3 is 19.3 Å². The van der Waals surface area contributed by atoms with Gasteiger partial charge in [0.2, 0.25) is 18.6 Å². The minimum absolute atomic E-state index is 0.0715. The largest absolute Gasteiger partial charge is 0.454 e. The van der Waals surface area contributed by atoms with E-state index >= 15 is 0 Å². The number of rotatable bonds is 6. The van der Waals surface area contributed by atoms with Gasteiger partial charge in [0.1, 0.15) is 0 Å². The molecule has 2 aromatic rings. The summed E-state index contributed by atoms with van der Waals surface area (Å²) in [5, 5.41) is 10.5. The number of nitrogens with zero attached hydrogens (tertiary/aromatic N) is 2. The van der Waals surface area contributed by atoms with Crippen molar-refractivity contribution >= 4 is 5.91 Å². The topological polar surface area (TPSA) is 98.5 Å². The van der Waals surface area contributed by atoms with Crippen LogP contribution < -0.4 is 20.1 Å². The van der Waals surface area contributed by atoms with Gasteiger partial charge in [0.05, 0.1) is 12.1 Å². The van der Waals surface area contributed by atoms with Crippen LogP contribution in [0.25, 0.3) is 0 Å². The SMILES string of the molecule is Cc1nc(C2(NCC(=O)NCc3ccc4c(c3)OCO4)CCCCC2)no1. The molecule has 1 saturated carbocycles. The standard InChI is InChI=1S/C19H24N4O4/c1-13-22-18(23-27-13)19(7-3-2-4-8-19)21-11-17(24)20-10-14-5-6-15-16(9-14)26-12-25-15/h5-6,9,21H,2-4,7-8,10-12H2,1H3,(H,20,24). The molecule has 1 aliphatic heterocycles. The Morgan fingerprint density at radius 1 is 1.19 bits per heavy atom. The second-order valence-corrected chi connectivity index (χ2v) is 7.10. The predicted molar refractivity (Wildman–Crippen MR) is 96.2 cm³/mol. The van der Waals surface area contributed by atoms with Gasteiger partial charge in [-0.15, -0.1) is 0 Å². The van der Waals surface area contributed by atoms with Crippen molar-refractivity contribution in [2.75, 3.05) is 13.3 Å². The third-order valence-electron chi connectivity index (χ3n) is 5.18. The van der Waals surface area contributed by atoms with E-state index < -0.39 is 0 Å². The van der Waals surface area contributed by atoms with E-state index in [1.54, 1.807) is 6.92 Å². The number of hydrogen-bond donors (Lipinski definition) is 2. The monoisotopic (exact) mass is 372 g/mol. The number of aromatic nitrogens is 2. The quantitative estimate of drug-likeness (QED) is 0.802. The number of ether oxygens (including phenoxy) is 2. The van der Waals surface area contributed by atoms with Crippen molar-refractivity contribution < 1.29 is 18.8 Å². The first-order chi connectivity index (χ1) is 13.1. The van der Waals surface area contributed by atoms with Crippen molar-refractivity contribution in [1.29, 1.82) is 0 Å². The number of aryl methyl sites for hydroxylation is 1. The molecule has 0 radical (unpaired) electrons. The Balaban J connectivity index is 1.34. The Kier molecular flexibility index (Phi) is 4.98. The molecule has 1 fully saturated rings. The van der Waals surface area contributed by atoms with Crippen LogP contribution in [0.3, 0.4) is 0 Å². The van der Waals surface area contributed by atoms with Crippen molar-refractivity contribution in [3.05, 3.63) is 35.5 Å². The Hall–Kier alpha value is -2.61. The van der Waals surface area contributed by atoms with Gasteiger partial charge in [-0.05, 0) is 30.5 Å². The lowest BCUT2D eigenvalue weighted by Crippen LogP contribution is -2.48. The number of carbonyl (C=O) groups excluding carboxylic acids is 1. The lowest BCUT2D eigenvalue weighted by atomic mass is 9.81. The van der Waals surface area contributed by atoms with E-state index in [2.05, 4.69) is 20.8 Å². The Bertz CT molecular complexity index is 814. The third-order valence-corrected chi connectivity index (χ3v) is 5.18. The molecule has 2 aliphatic rings. The normalized spacial score (nSPS) is 17.7. The zero-order valence-electron chi connectivity index (χ0n) is 15.4. The molecule has 144 valence electrons. The number of nitrogens with one attached hydrogen (secondary N) is 2. The Labute approximate surface area is 157 Å². The average molecular weight is 372 g/mol. The molecule has 4 rings (SSSR count). The van der Waals surface area contributed by atoms with Gasteiger partial charge in [-0.25, -0.2) is 0 Å². The molecular formula is C19H24N4O4. The third kappa shape index (κ3) is 3.90. The molecule has 0 spiro atoms. The van der Waals surface area contributed by atoms with Crippen LogP contribution in [0.15, 0.2) is 22.7 Å². The van der Waals surface area contributed by atoms with E-state index in [0.717, 1.165) is 37.0 Å². The van der Waals surface area contributed by atoms with Crippen molar-refractivity contribution in [2.45, 2.75) is 51.1 Å². The van der Waals surface area contributed by atoms with Gasteiger partial charge in [-0.1, -0.05) is 30.5 Å². The molecule has 0 saturated heterocycles. The van der Waals surface area contributed by atoms with Crippen molar-refractivity contribution in [3.8, 4) is 11.5 Å². The Morgan fingerprint density at radius 3 is 2.78 bits per heavy atom. The molecule has 0 bridgehead atoms. The first-order valence-corrected chi connectivity index (χ1v) is 9.36. The molecule has 8 heteroatoms. The number of amides is 1. The number of hydrogen-bond acceptors (Lipinski definition) is 7. The first-order valence-electron chi connectivity index (χ1n) is 9.36. The maximum Gasteiger partial charge on any atom is 0.234 e. The predicted octanol–water partition coefficient (Wildman–Crippen LogP) is 2.17. The average Bonchev–Trinajstić information content (AvgIpc) is 3.34. The van der Waals surface area contributed by atoms with Gasteiger partial charge in [0.15, 0.2) is 17.3 Å². The van der Waals surface area contributed by atoms with E-state index in [0.29, 0.717) is 24.0 Å². The fraction of sp³-hybridized carbons (Fsp3) is 0.526. The van der Waals surface area contributed by atoms with Crippen LogP contribution >= 0.6 is 0 Å². The molecule has 1 aromatic heterocycles.